The minimum absolute atomic E-state index is 0.384. The highest BCUT2D eigenvalue weighted by molar-refractivity contribution is 6.33. The fourth-order valence-electron chi connectivity index (χ4n) is 4.09. The Morgan fingerprint density at radius 1 is 1.24 bits per heavy atom. The number of rotatable bonds is 7. The summed E-state index contributed by atoms with van der Waals surface area (Å²) in [6, 6.07) is 9.14. The molecule has 4 rings (SSSR count). The van der Waals surface area contributed by atoms with Crippen molar-refractivity contribution in [3.63, 3.8) is 0 Å². The number of nitrogens with one attached hydrogen (secondary N) is 3. The molecule has 3 N–H and O–H groups in total. The van der Waals surface area contributed by atoms with Gasteiger partial charge in [-0.15, -0.1) is 0 Å². The number of benzene rings is 1. The third-order valence-electron chi connectivity index (χ3n) is 6.05. The van der Waals surface area contributed by atoms with Crippen LogP contribution in [0.25, 0.3) is 22.2 Å². The number of aromatic amines is 1. The van der Waals surface area contributed by atoms with E-state index in [9.17, 15) is 0 Å². The molecule has 1 fully saturated rings. The predicted molar refractivity (Wildman–Crippen MR) is 121 cm³/mol. The zero-order valence-electron chi connectivity index (χ0n) is 17.2. The molecule has 6 heteroatoms. The molecular formula is C23H30ClN5. The first-order valence-corrected chi connectivity index (χ1v) is 11.1. The van der Waals surface area contributed by atoms with Crippen LogP contribution in [0.1, 0.15) is 46.0 Å². The van der Waals surface area contributed by atoms with Crippen molar-refractivity contribution in [2.24, 2.45) is 5.92 Å². The molecule has 1 saturated carbocycles. The van der Waals surface area contributed by atoms with Gasteiger partial charge in [-0.05, 0) is 44.2 Å². The molecule has 0 aliphatic heterocycles. The lowest BCUT2D eigenvalue weighted by atomic mass is 9.90. The number of para-hydroxylation sites is 1. The van der Waals surface area contributed by atoms with Crippen LogP contribution in [0, 0.1) is 5.92 Å². The van der Waals surface area contributed by atoms with Crippen molar-refractivity contribution in [3.8, 4) is 11.3 Å². The van der Waals surface area contributed by atoms with Gasteiger partial charge < -0.3 is 15.6 Å². The van der Waals surface area contributed by atoms with Crippen LogP contribution in [0.5, 0.6) is 0 Å². The average Bonchev–Trinajstić information content (AvgIpc) is 3.17. The number of fused-ring (bicyclic) bond motifs is 1. The van der Waals surface area contributed by atoms with Crippen LogP contribution in [-0.4, -0.2) is 33.6 Å². The monoisotopic (exact) mass is 411 g/mol. The third kappa shape index (κ3) is 4.73. The second-order valence-corrected chi connectivity index (χ2v) is 8.67. The predicted octanol–water partition coefficient (Wildman–Crippen LogP) is 5.64. The van der Waals surface area contributed by atoms with Gasteiger partial charge in [0.15, 0.2) is 0 Å². The minimum Gasteiger partial charge on any atom is -0.360 e. The van der Waals surface area contributed by atoms with Crippen LogP contribution in [-0.2, 0) is 0 Å². The van der Waals surface area contributed by atoms with E-state index in [2.05, 4.69) is 46.6 Å². The molecule has 0 bridgehead atoms. The Kier molecular flexibility index (Phi) is 6.36. The van der Waals surface area contributed by atoms with Crippen LogP contribution < -0.4 is 10.6 Å². The van der Waals surface area contributed by atoms with Gasteiger partial charge in [0.05, 0.1) is 16.9 Å². The highest BCUT2D eigenvalue weighted by Crippen LogP contribution is 2.32. The number of H-pyrrole nitrogens is 1. The molecule has 0 amide bonds. The SMILES string of the molecule is CCC(C)CN[C@H]1CCC[C@@H](Nc2ncc(Cl)c(-c3c[nH]c4ccccc34)n2)C1. The molecule has 1 aliphatic carbocycles. The van der Waals surface area contributed by atoms with Crippen LogP contribution in [0.3, 0.4) is 0 Å². The molecule has 2 heterocycles. The molecule has 3 atom stereocenters. The fraction of sp³-hybridized carbons (Fsp3) is 0.478. The number of halogens is 1. The molecule has 2 aromatic heterocycles. The van der Waals surface area contributed by atoms with Gasteiger partial charge in [-0.2, -0.15) is 0 Å². The van der Waals surface area contributed by atoms with Crippen LogP contribution in [0.2, 0.25) is 5.02 Å². The summed E-state index contributed by atoms with van der Waals surface area (Å²) in [5, 5.41) is 8.99. The Balaban J connectivity index is 1.48. The van der Waals surface area contributed by atoms with E-state index in [1.165, 1.54) is 19.3 Å². The van der Waals surface area contributed by atoms with Crippen molar-refractivity contribution in [2.75, 3.05) is 11.9 Å². The number of anilines is 1. The van der Waals surface area contributed by atoms with Crippen molar-refractivity contribution < 1.29 is 0 Å². The molecule has 5 nitrogen and oxygen atoms in total. The van der Waals surface area contributed by atoms with E-state index in [1.807, 2.05) is 18.3 Å². The van der Waals surface area contributed by atoms with Gasteiger partial charge in [0.1, 0.15) is 0 Å². The van der Waals surface area contributed by atoms with E-state index in [1.54, 1.807) is 6.20 Å². The fourth-order valence-corrected chi connectivity index (χ4v) is 4.29. The average molecular weight is 412 g/mol. The van der Waals surface area contributed by atoms with Gasteiger partial charge in [0.25, 0.3) is 0 Å². The Morgan fingerprint density at radius 2 is 2.07 bits per heavy atom. The second kappa shape index (κ2) is 9.14. The van der Waals surface area contributed by atoms with Crippen LogP contribution in [0.15, 0.2) is 36.7 Å². The van der Waals surface area contributed by atoms with Gasteiger partial charge >= 0.3 is 0 Å². The molecular weight excluding hydrogens is 382 g/mol. The lowest BCUT2D eigenvalue weighted by molar-refractivity contribution is 0.332. The molecule has 3 aromatic rings. The summed E-state index contributed by atoms with van der Waals surface area (Å²) in [6.07, 6.45) is 9.61. The summed E-state index contributed by atoms with van der Waals surface area (Å²) in [6.45, 7) is 5.65. The zero-order chi connectivity index (χ0) is 20.2. The van der Waals surface area contributed by atoms with E-state index in [4.69, 9.17) is 16.6 Å². The van der Waals surface area contributed by atoms with Gasteiger partial charge in [-0.3, -0.25) is 0 Å². The lowest BCUT2D eigenvalue weighted by Crippen LogP contribution is -2.40. The molecule has 0 spiro atoms. The first-order valence-electron chi connectivity index (χ1n) is 10.7. The Hall–Kier alpha value is -2.11. The molecule has 1 aliphatic rings. The summed E-state index contributed by atoms with van der Waals surface area (Å²) < 4.78 is 0. The van der Waals surface area contributed by atoms with Crippen molar-refractivity contribution in [3.05, 3.63) is 41.7 Å². The van der Waals surface area contributed by atoms with Crippen molar-refractivity contribution in [2.45, 2.75) is 58.0 Å². The van der Waals surface area contributed by atoms with E-state index >= 15 is 0 Å². The minimum atomic E-state index is 0.384. The van der Waals surface area contributed by atoms with Gasteiger partial charge in [-0.25, -0.2) is 9.97 Å². The summed E-state index contributed by atoms with van der Waals surface area (Å²) in [5.74, 6) is 1.38. The third-order valence-corrected chi connectivity index (χ3v) is 6.32. The van der Waals surface area contributed by atoms with E-state index < -0.39 is 0 Å². The van der Waals surface area contributed by atoms with Crippen molar-refractivity contribution in [1.29, 1.82) is 0 Å². The lowest BCUT2D eigenvalue weighted by Gasteiger charge is -2.31. The highest BCUT2D eigenvalue weighted by Gasteiger charge is 2.23. The molecule has 1 aromatic carbocycles. The number of hydrogen-bond acceptors (Lipinski definition) is 4. The summed E-state index contributed by atoms with van der Waals surface area (Å²) >= 11 is 6.46. The number of hydrogen-bond donors (Lipinski definition) is 3. The number of nitrogens with zero attached hydrogens (tertiary/aromatic N) is 2. The quantitative estimate of drug-likeness (QED) is 0.470. The maximum atomic E-state index is 6.46. The van der Waals surface area contributed by atoms with E-state index in [0.717, 1.165) is 47.5 Å². The second-order valence-electron chi connectivity index (χ2n) is 8.26. The first-order chi connectivity index (χ1) is 14.1. The van der Waals surface area contributed by atoms with Gasteiger partial charge in [0, 0.05) is 34.7 Å². The molecule has 154 valence electrons. The Bertz CT molecular complexity index is 953. The van der Waals surface area contributed by atoms with Crippen LogP contribution in [0.4, 0.5) is 5.95 Å². The first kappa shape index (κ1) is 20.2. The smallest absolute Gasteiger partial charge is 0.223 e. The van der Waals surface area contributed by atoms with Crippen molar-refractivity contribution >= 4 is 28.5 Å². The normalized spacial score (nSPS) is 20.7. The van der Waals surface area contributed by atoms with Crippen LogP contribution >= 0.6 is 11.6 Å². The summed E-state index contributed by atoms with van der Waals surface area (Å²) in [5.41, 5.74) is 2.85. The van der Waals surface area contributed by atoms with Gasteiger partial charge in [-0.1, -0.05) is 50.1 Å². The molecule has 0 saturated heterocycles. The molecule has 0 radical (unpaired) electrons. The Morgan fingerprint density at radius 3 is 2.93 bits per heavy atom. The zero-order valence-corrected chi connectivity index (χ0v) is 18.0. The van der Waals surface area contributed by atoms with E-state index in [0.29, 0.717) is 23.1 Å². The molecule has 1 unspecified atom stereocenters. The topological polar surface area (TPSA) is 65.6 Å². The van der Waals surface area contributed by atoms with Crippen molar-refractivity contribution in [1.82, 2.24) is 20.3 Å². The Labute approximate surface area is 177 Å². The van der Waals surface area contributed by atoms with Gasteiger partial charge in [0.2, 0.25) is 5.95 Å². The standard InChI is InChI=1S/C23H30ClN5/c1-3-15(2)12-25-16-7-6-8-17(11-16)28-23-27-14-20(24)22(29-23)19-13-26-21-10-5-4-9-18(19)21/h4-5,9-10,13-17,25-26H,3,6-8,11-12H2,1-2H3,(H,27,28,29)/t15?,16-,17+/m0/s1. The summed E-state index contributed by atoms with van der Waals surface area (Å²) in [4.78, 5) is 12.5. The number of aromatic nitrogens is 3. The largest absolute Gasteiger partial charge is 0.360 e. The summed E-state index contributed by atoms with van der Waals surface area (Å²) in [7, 11) is 0. The highest BCUT2D eigenvalue weighted by atomic mass is 35.5. The maximum absolute atomic E-state index is 6.46. The van der Waals surface area contributed by atoms with E-state index in [-0.39, 0.29) is 0 Å². The molecule has 29 heavy (non-hydrogen) atoms. The maximum Gasteiger partial charge on any atom is 0.223 e.